The van der Waals surface area contributed by atoms with Gasteiger partial charge in [-0.15, -0.1) is 6.58 Å². The van der Waals surface area contributed by atoms with Gasteiger partial charge in [-0.25, -0.2) is 0 Å². The number of rotatable bonds is 6. The maximum absolute atomic E-state index is 12.5. The Bertz CT molecular complexity index is 574. The van der Waals surface area contributed by atoms with Crippen molar-refractivity contribution in [2.24, 2.45) is 5.92 Å². The third kappa shape index (κ3) is 3.83. The van der Waals surface area contributed by atoms with Crippen LogP contribution in [-0.4, -0.2) is 59.2 Å². The fraction of sp³-hybridized carbons (Fsp3) is 0.667. The Morgan fingerprint density at radius 1 is 1.43 bits per heavy atom. The van der Waals surface area contributed by atoms with Crippen molar-refractivity contribution in [3.05, 3.63) is 29.6 Å². The molecule has 0 bridgehead atoms. The van der Waals surface area contributed by atoms with Crippen LogP contribution in [0.2, 0.25) is 0 Å². The molecule has 0 saturated carbocycles. The molecule has 1 aliphatic carbocycles. The Labute approximate surface area is 139 Å². The fourth-order valence-corrected chi connectivity index (χ4v) is 3.43. The van der Waals surface area contributed by atoms with E-state index >= 15 is 0 Å². The SMILES string of the molecule is C=CCn1nc(C(=O)N(C)C)c2c1CCC(N(C)CC(C)C)C2. The second-order valence-electron chi connectivity index (χ2n) is 7.17. The number of carbonyl (C=O) groups excluding carboxylic acids is 1. The third-order valence-electron chi connectivity index (χ3n) is 4.51. The molecule has 23 heavy (non-hydrogen) atoms. The lowest BCUT2D eigenvalue weighted by atomic mass is 9.90. The summed E-state index contributed by atoms with van der Waals surface area (Å²) in [5.41, 5.74) is 2.97. The molecule has 2 rings (SSSR count). The first-order valence-electron chi connectivity index (χ1n) is 8.46. The lowest BCUT2D eigenvalue weighted by Crippen LogP contribution is -2.39. The summed E-state index contributed by atoms with van der Waals surface area (Å²) in [5.74, 6) is 0.643. The molecule has 1 aromatic heterocycles. The average molecular weight is 318 g/mol. The number of hydrogen-bond acceptors (Lipinski definition) is 3. The zero-order chi connectivity index (χ0) is 17.1. The highest BCUT2D eigenvalue weighted by Crippen LogP contribution is 2.28. The predicted molar refractivity (Wildman–Crippen MR) is 93.7 cm³/mol. The van der Waals surface area contributed by atoms with Crippen molar-refractivity contribution >= 4 is 5.91 Å². The van der Waals surface area contributed by atoms with E-state index in [0.717, 1.165) is 31.4 Å². The average Bonchev–Trinajstić information content (AvgIpc) is 2.84. The molecule has 0 radical (unpaired) electrons. The standard InChI is InChI=1S/C18H30N4O/c1-7-10-22-16-9-8-14(21(6)12-13(2)3)11-15(16)17(19-22)18(23)20(4)5/h7,13-14H,1,8-12H2,2-6H3. The molecule has 0 N–H and O–H groups in total. The van der Waals surface area contributed by atoms with Crippen LogP contribution in [0.4, 0.5) is 0 Å². The number of likely N-dealkylation sites (N-methyl/N-ethyl adjacent to an activating group) is 1. The summed E-state index contributed by atoms with van der Waals surface area (Å²) in [6.45, 7) is 10.0. The summed E-state index contributed by atoms with van der Waals surface area (Å²) in [6, 6.07) is 0.486. The van der Waals surface area contributed by atoms with E-state index in [1.54, 1.807) is 19.0 Å². The molecule has 0 spiro atoms. The number of carbonyl (C=O) groups is 1. The van der Waals surface area contributed by atoms with E-state index in [0.29, 0.717) is 24.2 Å². The van der Waals surface area contributed by atoms with Crippen molar-refractivity contribution in [1.82, 2.24) is 19.6 Å². The topological polar surface area (TPSA) is 41.4 Å². The molecule has 1 aromatic rings. The second kappa shape index (κ2) is 7.30. The van der Waals surface area contributed by atoms with Gasteiger partial charge in [-0.1, -0.05) is 19.9 Å². The van der Waals surface area contributed by atoms with Crippen LogP contribution in [0, 0.1) is 5.92 Å². The molecule has 0 aliphatic heterocycles. The van der Waals surface area contributed by atoms with Crippen LogP contribution in [0.15, 0.2) is 12.7 Å². The molecule has 1 amide bonds. The van der Waals surface area contributed by atoms with Crippen LogP contribution in [0.25, 0.3) is 0 Å². The zero-order valence-corrected chi connectivity index (χ0v) is 15.2. The first-order chi connectivity index (χ1) is 10.8. The van der Waals surface area contributed by atoms with Gasteiger partial charge in [0.1, 0.15) is 0 Å². The van der Waals surface area contributed by atoms with E-state index in [2.05, 4.69) is 37.5 Å². The van der Waals surface area contributed by atoms with Crippen molar-refractivity contribution in [2.75, 3.05) is 27.7 Å². The van der Waals surface area contributed by atoms with Crippen LogP contribution in [0.5, 0.6) is 0 Å². The first kappa shape index (κ1) is 17.7. The summed E-state index contributed by atoms with van der Waals surface area (Å²) >= 11 is 0. The molecular formula is C18H30N4O. The van der Waals surface area contributed by atoms with E-state index in [-0.39, 0.29) is 5.91 Å². The first-order valence-corrected chi connectivity index (χ1v) is 8.46. The van der Waals surface area contributed by atoms with Crippen molar-refractivity contribution in [2.45, 2.75) is 45.7 Å². The van der Waals surface area contributed by atoms with Crippen LogP contribution in [0.3, 0.4) is 0 Å². The van der Waals surface area contributed by atoms with Gasteiger partial charge in [-0.3, -0.25) is 9.48 Å². The Hall–Kier alpha value is -1.62. The molecule has 0 saturated heterocycles. The summed E-state index contributed by atoms with van der Waals surface area (Å²) < 4.78 is 1.96. The molecule has 1 heterocycles. The molecular weight excluding hydrogens is 288 g/mol. The van der Waals surface area contributed by atoms with E-state index in [1.165, 1.54) is 5.69 Å². The fourth-order valence-electron chi connectivity index (χ4n) is 3.43. The maximum Gasteiger partial charge on any atom is 0.274 e. The van der Waals surface area contributed by atoms with Crippen molar-refractivity contribution in [3.8, 4) is 0 Å². The number of hydrogen-bond donors (Lipinski definition) is 0. The van der Waals surface area contributed by atoms with Gasteiger partial charge < -0.3 is 9.80 Å². The Balaban J connectivity index is 2.31. The van der Waals surface area contributed by atoms with E-state index in [4.69, 9.17) is 0 Å². The highest BCUT2D eigenvalue weighted by atomic mass is 16.2. The van der Waals surface area contributed by atoms with Gasteiger partial charge in [-0.2, -0.15) is 5.10 Å². The summed E-state index contributed by atoms with van der Waals surface area (Å²) in [6.07, 6.45) is 4.84. The molecule has 0 fully saturated rings. The Kier molecular flexibility index (Phi) is 5.63. The Morgan fingerprint density at radius 2 is 2.13 bits per heavy atom. The summed E-state index contributed by atoms with van der Waals surface area (Å²) in [5, 5.41) is 4.59. The van der Waals surface area contributed by atoms with Gasteiger partial charge >= 0.3 is 0 Å². The monoisotopic (exact) mass is 318 g/mol. The quantitative estimate of drug-likeness (QED) is 0.755. The molecule has 0 aromatic carbocycles. The van der Waals surface area contributed by atoms with Crippen LogP contribution in [0.1, 0.15) is 42.0 Å². The molecule has 128 valence electrons. The second-order valence-corrected chi connectivity index (χ2v) is 7.17. The van der Waals surface area contributed by atoms with Crippen molar-refractivity contribution < 1.29 is 4.79 Å². The molecule has 1 aliphatic rings. The molecule has 1 atom stereocenters. The lowest BCUT2D eigenvalue weighted by molar-refractivity contribution is 0.0819. The van der Waals surface area contributed by atoms with Gasteiger partial charge in [-0.05, 0) is 32.2 Å². The third-order valence-corrected chi connectivity index (χ3v) is 4.51. The highest BCUT2D eigenvalue weighted by Gasteiger charge is 2.31. The lowest BCUT2D eigenvalue weighted by Gasteiger charge is -2.32. The van der Waals surface area contributed by atoms with Crippen LogP contribution < -0.4 is 0 Å². The van der Waals surface area contributed by atoms with Crippen LogP contribution in [-0.2, 0) is 19.4 Å². The maximum atomic E-state index is 12.5. The number of aromatic nitrogens is 2. The van der Waals surface area contributed by atoms with E-state index in [1.807, 2.05) is 10.8 Å². The van der Waals surface area contributed by atoms with Crippen LogP contribution >= 0.6 is 0 Å². The van der Waals surface area contributed by atoms with Gasteiger partial charge in [0.2, 0.25) is 0 Å². The normalized spacial score (nSPS) is 17.4. The number of allylic oxidation sites excluding steroid dienone is 1. The number of nitrogens with zero attached hydrogens (tertiary/aromatic N) is 4. The zero-order valence-electron chi connectivity index (χ0n) is 15.2. The Morgan fingerprint density at radius 3 is 2.70 bits per heavy atom. The molecule has 5 nitrogen and oxygen atoms in total. The van der Waals surface area contributed by atoms with E-state index in [9.17, 15) is 4.79 Å². The summed E-state index contributed by atoms with van der Waals surface area (Å²) in [7, 11) is 5.76. The molecule has 1 unspecified atom stereocenters. The predicted octanol–water partition coefficient (Wildman–Crippen LogP) is 2.22. The van der Waals surface area contributed by atoms with Gasteiger partial charge in [0, 0.05) is 37.9 Å². The minimum absolute atomic E-state index is 0.00350. The van der Waals surface area contributed by atoms with Gasteiger partial charge in [0.05, 0.1) is 6.54 Å². The smallest absolute Gasteiger partial charge is 0.274 e. The minimum atomic E-state index is -0.00350. The van der Waals surface area contributed by atoms with E-state index < -0.39 is 0 Å². The number of amides is 1. The molecule has 5 heteroatoms. The van der Waals surface area contributed by atoms with Gasteiger partial charge in [0.15, 0.2) is 5.69 Å². The number of fused-ring (bicyclic) bond motifs is 1. The highest BCUT2D eigenvalue weighted by molar-refractivity contribution is 5.93. The minimum Gasteiger partial charge on any atom is -0.343 e. The van der Waals surface area contributed by atoms with Crippen molar-refractivity contribution in [1.29, 1.82) is 0 Å². The summed E-state index contributed by atoms with van der Waals surface area (Å²) in [4.78, 5) is 16.5. The van der Waals surface area contributed by atoms with Crippen molar-refractivity contribution in [3.63, 3.8) is 0 Å². The largest absolute Gasteiger partial charge is 0.343 e. The van der Waals surface area contributed by atoms with Gasteiger partial charge in [0.25, 0.3) is 5.91 Å².